The molecule has 1 heterocycles. The average molecular weight is 456 g/mol. The molecule has 1 fully saturated rings. The van der Waals surface area contributed by atoms with Gasteiger partial charge in [-0.1, -0.05) is 67.1 Å². The number of hydrogen-bond donors (Lipinski definition) is 1. The minimum Gasteiger partial charge on any atom is -0.507 e. The Hall–Kier alpha value is -3.86. The summed E-state index contributed by atoms with van der Waals surface area (Å²) >= 11 is 0. The molecule has 1 aliphatic rings. The predicted octanol–water partition coefficient (Wildman–Crippen LogP) is 5.71. The average Bonchev–Trinajstić information content (AvgIpc) is 3.09. The molecule has 174 valence electrons. The van der Waals surface area contributed by atoms with Crippen LogP contribution in [0.4, 0.5) is 0 Å². The largest absolute Gasteiger partial charge is 0.507 e. The molecule has 34 heavy (non-hydrogen) atoms. The second-order valence-corrected chi connectivity index (χ2v) is 8.65. The molecule has 0 aromatic heterocycles. The summed E-state index contributed by atoms with van der Waals surface area (Å²) in [6, 6.07) is 21.9. The van der Waals surface area contributed by atoms with E-state index < -0.39 is 17.7 Å². The van der Waals surface area contributed by atoms with Crippen LogP contribution in [0.25, 0.3) is 5.76 Å². The number of ketones is 1. The van der Waals surface area contributed by atoms with Crippen molar-refractivity contribution in [2.75, 3.05) is 6.61 Å². The van der Waals surface area contributed by atoms with Crippen LogP contribution in [-0.4, -0.2) is 28.3 Å². The zero-order valence-corrected chi connectivity index (χ0v) is 19.7. The SMILES string of the molecule is CCCOc1ccc(C2C(=C(O)c3cc(C)ccc3C)C(=O)C(=O)N2Cc2ccccc2)cc1. The standard InChI is InChI=1S/C29H29NO4/c1-4-16-34-23-14-12-22(13-15-23)26-25(27(31)24-17-19(2)10-11-20(24)3)28(32)29(33)30(26)18-21-8-6-5-7-9-21/h5-15,17,26,31H,4,16,18H2,1-3H3. The van der Waals surface area contributed by atoms with Crippen LogP contribution in [0.1, 0.15) is 47.2 Å². The normalized spacial score (nSPS) is 17.3. The molecule has 0 bridgehead atoms. The number of ether oxygens (including phenoxy) is 1. The van der Waals surface area contributed by atoms with Crippen LogP contribution in [0.2, 0.25) is 0 Å². The summed E-state index contributed by atoms with van der Waals surface area (Å²) in [5, 5.41) is 11.4. The Morgan fingerprint density at radius 3 is 2.35 bits per heavy atom. The summed E-state index contributed by atoms with van der Waals surface area (Å²) in [4.78, 5) is 28.0. The Bertz CT molecular complexity index is 1230. The molecule has 3 aromatic rings. The van der Waals surface area contributed by atoms with Gasteiger partial charge in [-0.3, -0.25) is 9.59 Å². The van der Waals surface area contributed by atoms with Crippen molar-refractivity contribution in [3.05, 3.63) is 106 Å². The van der Waals surface area contributed by atoms with Crippen LogP contribution < -0.4 is 4.74 Å². The van der Waals surface area contributed by atoms with E-state index in [0.717, 1.165) is 34.4 Å². The lowest BCUT2D eigenvalue weighted by molar-refractivity contribution is -0.140. The van der Waals surface area contributed by atoms with Crippen LogP contribution in [-0.2, 0) is 16.1 Å². The molecule has 1 atom stereocenters. The van der Waals surface area contributed by atoms with E-state index in [2.05, 4.69) is 0 Å². The molecule has 1 N–H and O–H groups in total. The van der Waals surface area contributed by atoms with Gasteiger partial charge in [-0.25, -0.2) is 0 Å². The van der Waals surface area contributed by atoms with Gasteiger partial charge >= 0.3 is 0 Å². The number of aliphatic hydroxyl groups excluding tert-OH is 1. The minimum atomic E-state index is -0.708. The number of benzene rings is 3. The number of nitrogens with zero attached hydrogens (tertiary/aromatic N) is 1. The monoisotopic (exact) mass is 455 g/mol. The molecular weight excluding hydrogens is 426 g/mol. The van der Waals surface area contributed by atoms with Crippen molar-refractivity contribution in [3.63, 3.8) is 0 Å². The van der Waals surface area contributed by atoms with Crippen LogP contribution in [0.3, 0.4) is 0 Å². The van der Waals surface area contributed by atoms with Gasteiger partial charge in [-0.05, 0) is 55.2 Å². The number of Topliss-reactive ketones (excluding diaryl/α,β-unsaturated/α-hetero) is 1. The highest BCUT2D eigenvalue weighted by molar-refractivity contribution is 6.46. The zero-order valence-electron chi connectivity index (χ0n) is 19.7. The second kappa shape index (κ2) is 9.96. The van der Waals surface area contributed by atoms with Gasteiger partial charge in [0, 0.05) is 12.1 Å². The summed E-state index contributed by atoms with van der Waals surface area (Å²) in [5.41, 5.74) is 4.11. The number of hydrogen-bond acceptors (Lipinski definition) is 4. The second-order valence-electron chi connectivity index (χ2n) is 8.65. The third kappa shape index (κ3) is 4.60. The highest BCUT2D eigenvalue weighted by Crippen LogP contribution is 2.41. The maximum atomic E-state index is 13.3. The molecule has 0 aliphatic carbocycles. The molecule has 3 aromatic carbocycles. The van der Waals surface area contributed by atoms with E-state index in [-0.39, 0.29) is 17.9 Å². The van der Waals surface area contributed by atoms with E-state index in [1.165, 1.54) is 4.90 Å². The highest BCUT2D eigenvalue weighted by atomic mass is 16.5. The molecule has 1 saturated heterocycles. The van der Waals surface area contributed by atoms with Crippen molar-refractivity contribution in [1.29, 1.82) is 0 Å². The fourth-order valence-corrected chi connectivity index (χ4v) is 4.27. The smallest absolute Gasteiger partial charge is 0.295 e. The summed E-state index contributed by atoms with van der Waals surface area (Å²) in [6.45, 7) is 6.71. The van der Waals surface area contributed by atoms with Crippen molar-refractivity contribution in [1.82, 2.24) is 4.90 Å². The summed E-state index contributed by atoms with van der Waals surface area (Å²) in [5.74, 6) is -0.718. The van der Waals surface area contributed by atoms with Gasteiger partial charge in [0.15, 0.2) is 0 Å². The van der Waals surface area contributed by atoms with Crippen molar-refractivity contribution < 1.29 is 19.4 Å². The number of rotatable bonds is 7. The predicted molar refractivity (Wildman–Crippen MR) is 132 cm³/mol. The molecule has 5 nitrogen and oxygen atoms in total. The Morgan fingerprint density at radius 2 is 1.68 bits per heavy atom. The van der Waals surface area contributed by atoms with E-state index >= 15 is 0 Å². The Morgan fingerprint density at radius 1 is 0.971 bits per heavy atom. The third-order valence-corrected chi connectivity index (χ3v) is 6.05. The maximum Gasteiger partial charge on any atom is 0.295 e. The van der Waals surface area contributed by atoms with E-state index in [9.17, 15) is 14.7 Å². The Labute approximate surface area is 200 Å². The number of likely N-dealkylation sites (tertiary alicyclic amines) is 1. The van der Waals surface area contributed by atoms with E-state index in [0.29, 0.717) is 12.2 Å². The first-order valence-electron chi connectivity index (χ1n) is 11.5. The molecule has 0 radical (unpaired) electrons. The summed E-state index contributed by atoms with van der Waals surface area (Å²) in [6.07, 6.45) is 0.898. The Balaban J connectivity index is 1.84. The number of amides is 1. The molecule has 4 rings (SSSR count). The first-order chi connectivity index (χ1) is 16.4. The molecule has 1 unspecified atom stereocenters. The fraction of sp³-hybridized carbons (Fsp3) is 0.241. The number of carbonyl (C=O) groups is 2. The van der Waals surface area contributed by atoms with Crippen molar-refractivity contribution in [3.8, 4) is 5.75 Å². The molecule has 0 spiro atoms. The third-order valence-electron chi connectivity index (χ3n) is 6.05. The van der Waals surface area contributed by atoms with Crippen molar-refractivity contribution >= 4 is 17.4 Å². The number of aliphatic hydroxyl groups is 1. The molecule has 1 amide bonds. The molecule has 5 heteroatoms. The topological polar surface area (TPSA) is 66.8 Å². The number of aryl methyl sites for hydroxylation is 2. The summed E-state index contributed by atoms with van der Waals surface area (Å²) in [7, 11) is 0. The lowest BCUT2D eigenvalue weighted by Gasteiger charge is -2.26. The van der Waals surface area contributed by atoms with Crippen molar-refractivity contribution in [2.45, 2.75) is 39.8 Å². The van der Waals surface area contributed by atoms with Crippen molar-refractivity contribution in [2.24, 2.45) is 0 Å². The van der Waals surface area contributed by atoms with Crippen LogP contribution >= 0.6 is 0 Å². The van der Waals surface area contributed by atoms with E-state index in [4.69, 9.17) is 4.74 Å². The summed E-state index contributed by atoms with van der Waals surface area (Å²) < 4.78 is 5.70. The fourth-order valence-electron chi connectivity index (χ4n) is 4.27. The molecule has 1 aliphatic heterocycles. The van der Waals surface area contributed by atoms with Gasteiger partial charge in [0.05, 0.1) is 18.2 Å². The lowest BCUT2D eigenvalue weighted by atomic mass is 9.93. The quantitative estimate of drug-likeness (QED) is 0.281. The van der Waals surface area contributed by atoms with Gasteiger partial charge in [0.25, 0.3) is 11.7 Å². The first-order valence-corrected chi connectivity index (χ1v) is 11.5. The van der Waals surface area contributed by atoms with Gasteiger partial charge in [0.1, 0.15) is 11.5 Å². The lowest BCUT2D eigenvalue weighted by Crippen LogP contribution is -2.29. The minimum absolute atomic E-state index is 0.108. The van der Waals surface area contributed by atoms with Gasteiger partial charge < -0.3 is 14.7 Å². The van der Waals surface area contributed by atoms with Gasteiger partial charge in [-0.15, -0.1) is 0 Å². The van der Waals surface area contributed by atoms with Gasteiger partial charge in [-0.2, -0.15) is 0 Å². The van der Waals surface area contributed by atoms with Gasteiger partial charge in [0.2, 0.25) is 0 Å². The van der Waals surface area contributed by atoms with Crippen LogP contribution in [0.15, 0.2) is 78.4 Å². The number of carbonyl (C=O) groups excluding carboxylic acids is 2. The maximum absolute atomic E-state index is 13.3. The molecular formula is C29H29NO4. The first kappa shape index (κ1) is 23.3. The van der Waals surface area contributed by atoms with Crippen LogP contribution in [0, 0.1) is 13.8 Å². The van der Waals surface area contributed by atoms with E-state index in [1.54, 1.807) is 0 Å². The van der Waals surface area contributed by atoms with Crippen LogP contribution in [0.5, 0.6) is 5.75 Å². The Kier molecular flexibility index (Phi) is 6.82. The zero-order chi connectivity index (χ0) is 24.2. The molecule has 0 saturated carbocycles. The highest BCUT2D eigenvalue weighted by Gasteiger charge is 2.46. The van der Waals surface area contributed by atoms with E-state index in [1.807, 2.05) is 93.6 Å².